The van der Waals surface area contributed by atoms with E-state index >= 15 is 0 Å². The van der Waals surface area contributed by atoms with Crippen molar-refractivity contribution in [2.45, 2.75) is 45.4 Å². The first-order valence-electron chi connectivity index (χ1n) is 15.2. The molecular formula is C41H35NS. The van der Waals surface area contributed by atoms with Crippen molar-refractivity contribution in [3.8, 4) is 11.1 Å². The Hall–Kier alpha value is -4.40. The van der Waals surface area contributed by atoms with Gasteiger partial charge in [0.1, 0.15) is 0 Å². The van der Waals surface area contributed by atoms with Gasteiger partial charge in [-0.05, 0) is 75.0 Å². The largest absolute Gasteiger partial charge is 0.310 e. The van der Waals surface area contributed by atoms with Crippen LogP contribution in [-0.2, 0) is 10.8 Å². The summed E-state index contributed by atoms with van der Waals surface area (Å²) < 4.78 is 2.64. The lowest BCUT2D eigenvalue weighted by Crippen LogP contribution is -2.16. The zero-order valence-corrected chi connectivity index (χ0v) is 26.2. The lowest BCUT2D eigenvalue weighted by molar-refractivity contribution is 0.589. The lowest BCUT2D eigenvalue weighted by Gasteiger charge is -2.28. The van der Waals surface area contributed by atoms with Crippen LogP contribution in [0.4, 0.5) is 17.1 Å². The van der Waals surface area contributed by atoms with E-state index in [1.54, 1.807) is 0 Å². The Kier molecular flexibility index (Phi) is 5.67. The minimum absolute atomic E-state index is 0.0418. The molecule has 0 fully saturated rings. The molecular weight excluding hydrogens is 539 g/mol. The van der Waals surface area contributed by atoms with Gasteiger partial charge in [-0.15, -0.1) is 11.3 Å². The fourth-order valence-corrected chi connectivity index (χ4v) is 8.19. The first-order chi connectivity index (χ1) is 20.7. The highest BCUT2D eigenvalue weighted by Gasteiger charge is 2.36. The van der Waals surface area contributed by atoms with Gasteiger partial charge in [0.05, 0.1) is 5.69 Å². The van der Waals surface area contributed by atoms with Crippen LogP contribution in [-0.4, -0.2) is 0 Å². The Bertz CT molecular complexity index is 2200. The van der Waals surface area contributed by atoms with E-state index in [0.29, 0.717) is 0 Å². The first-order valence-corrected chi connectivity index (χ1v) is 16.0. The maximum absolute atomic E-state index is 2.46. The van der Waals surface area contributed by atoms with Crippen molar-refractivity contribution in [1.29, 1.82) is 0 Å². The number of nitrogens with zero attached hydrogens (tertiary/aromatic N) is 1. The highest BCUT2D eigenvalue weighted by atomic mass is 32.1. The summed E-state index contributed by atoms with van der Waals surface area (Å²) in [6.07, 6.45) is 0. The minimum Gasteiger partial charge on any atom is -0.310 e. The maximum atomic E-state index is 2.46. The summed E-state index contributed by atoms with van der Waals surface area (Å²) in [5.41, 5.74) is 10.5. The van der Waals surface area contributed by atoms with E-state index < -0.39 is 0 Å². The Morgan fingerprint density at radius 2 is 1.19 bits per heavy atom. The predicted molar refractivity (Wildman–Crippen MR) is 188 cm³/mol. The Labute approximate surface area is 258 Å². The van der Waals surface area contributed by atoms with Crippen LogP contribution in [0.5, 0.6) is 0 Å². The van der Waals surface area contributed by atoms with Crippen LogP contribution in [0.3, 0.4) is 0 Å². The SMILES string of the molecule is CC(C)(C)c1ccc2c(c1)-c1cc(N(c3ccc4c(c3)sc3ccccc34)c3cccc4ccccc34)ccc1C2(C)C. The van der Waals surface area contributed by atoms with Gasteiger partial charge in [-0.25, -0.2) is 0 Å². The average Bonchev–Trinajstić information content (AvgIpc) is 3.48. The van der Waals surface area contributed by atoms with Gasteiger partial charge in [0, 0.05) is 42.3 Å². The molecule has 1 nitrogen and oxygen atoms in total. The van der Waals surface area contributed by atoms with Gasteiger partial charge in [0.25, 0.3) is 0 Å². The summed E-state index contributed by atoms with van der Waals surface area (Å²) in [6.45, 7) is 11.6. The number of anilines is 3. The predicted octanol–water partition coefficient (Wildman–Crippen LogP) is 12.3. The molecule has 1 aromatic heterocycles. The summed E-state index contributed by atoms with van der Waals surface area (Å²) in [5, 5.41) is 5.14. The molecule has 43 heavy (non-hydrogen) atoms. The monoisotopic (exact) mass is 573 g/mol. The molecule has 1 heterocycles. The van der Waals surface area contributed by atoms with Crippen LogP contribution in [0.25, 0.3) is 42.1 Å². The Balaban J connectivity index is 1.38. The second-order valence-electron chi connectivity index (χ2n) is 13.5. The summed E-state index contributed by atoms with van der Waals surface area (Å²) in [7, 11) is 0. The van der Waals surface area contributed by atoms with E-state index in [-0.39, 0.29) is 10.8 Å². The van der Waals surface area contributed by atoms with Crippen molar-refractivity contribution in [3.63, 3.8) is 0 Å². The molecule has 0 spiro atoms. The molecule has 7 aromatic rings. The third kappa shape index (κ3) is 4.04. The van der Waals surface area contributed by atoms with Gasteiger partial charge in [-0.2, -0.15) is 0 Å². The van der Waals surface area contributed by atoms with Gasteiger partial charge >= 0.3 is 0 Å². The van der Waals surface area contributed by atoms with Gasteiger partial charge in [-0.3, -0.25) is 0 Å². The van der Waals surface area contributed by atoms with Crippen LogP contribution in [0.1, 0.15) is 51.3 Å². The van der Waals surface area contributed by atoms with Crippen LogP contribution in [0.2, 0.25) is 0 Å². The summed E-state index contributed by atoms with van der Waals surface area (Å²) >= 11 is 1.87. The van der Waals surface area contributed by atoms with Crippen LogP contribution in [0, 0.1) is 0 Å². The smallest absolute Gasteiger partial charge is 0.0540 e. The fraction of sp³-hybridized carbons (Fsp3) is 0.171. The molecule has 0 bridgehead atoms. The average molecular weight is 574 g/mol. The Morgan fingerprint density at radius 3 is 2.00 bits per heavy atom. The van der Waals surface area contributed by atoms with Crippen LogP contribution in [0.15, 0.2) is 121 Å². The molecule has 0 aliphatic heterocycles. The zero-order valence-electron chi connectivity index (χ0n) is 25.4. The van der Waals surface area contributed by atoms with Gasteiger partial charge < -0.3 is 4.90 Å². The van der Waals surface area contributed by atoms with E-state index in [1.165, 1.54) is 75.8 Å². The van der Waals surface area contributed by atoms with Gasteiger partial charge in [-0.1, -0.05) is 120 Å². The number of hydrogen-bond donors (Lipinski definition) is 0. The molecule has 0 unspecified atom stereocenters. The summed E-state index contributed by atoms with van der Waals surface area (Å²) in [5.74, 6) is 0. The van der Waals surface area contributed by atoms with Crippen molar-refractivity contribution >= 4 is 59.3 Å². The molecule has 1 aliphatic rings. The standard InChI is InChI=1S/C41H35NS/c1-40(2,3)27-17-21-35-33(23-27)34-24-28(19-22-36(34)41(35,4)5)42(37-15-10-12-26-11-6-7-13-30(26)37)29-18-20-32-31-14-8-9-16-38(31)43-39(32)25-29/h6-25H,1-5H3. The highest BCUT2D eigenvalue weighted by Crippen LogP contribution is 2.52. The molecule has 8 rings (SSSR count). The molecule has 0 atom stereocenters. The zero-order chi connectivity index (χ0) is 29.5. The molecule has 0 saturated carbocycles. The number of thiophene rings is 1. The number of rotatable bonds is 3. The normalized spacial score (nSPS) is 13.9. The third-order valence-electron chi connectivity index (χ3n) is 9.41. The molecule has 6 aromatic carbocycles. The third-order valence-corrected chi connectivity index (χ3v) is 10.5. The van der Waals surface area contributed by atoms with Gasteiger partial charge in [0.15, 0.2) is 0 Å². The lowest BCUT2D eigenvalue weighted by atomic mass is 9.80. The molecule has 0 amide bonds. The van der Waals surface area contributed by atoms with Crippen molar-refractivity contribution in [1.82, 2.24) is 0 Å². The number of hydrogen-bond acceptors (Lipinski definition) is 2. The van der Waals surface area contributed by atoms with Gasteiger partial charge in [0.2, 0.25) is 0 Å². The quantitative estimate of drug-likeness (QED) is 0.203. The molecule has 210 valence electrons. The molecule has 2 heteroatoms. The molecule has 0 saturated heterocycles. The molecule has 0 N–H and O–H groups in total. The summed E-state index contributed by atoms with van der Waals surface area (Å²) in [4.78, 5) is 2.46. The molecule has 0 radical (unpaired) electrons. The molecule has 1 aliphatic carbocycles. The van der Waals surface area contributed by atoms with Crippen molar-refractivity contribution < 1.29 is 0 Å². The van der Waals surface area contributed by atoms with Crippen LogP contribution < -0.4 is 4.90 Å². The summed E-state index contributed by atoms with van der Waals surface area (Å²) in [6, 6.07) is 45.4. The van der Waals surface area contributed by atoms with E-state index in [4.69, 9.17) is 0 Å². The second-order valence-corrected chi connectivity index (χ2v) is 14.6. The van der Waals surface area contributed by atoms with Crippen molar-refractivity contribution in [2.75, 3.05) is 4.90 Å². The first kappa shape index (κ1) is 26.2. The van der Waals surface area contributed by atoms with Crippen molar-refractivity contribution in [3.05, 3.63) is 138 Å². The van der Waals surface area contributed by atoms with E-state index in [2.05, 4.69) is 161 Å². The van der Waals surface area contributed by atoms with Crippen LogP contribution >= 0.6 is 11.3 Å². The fourth-order valence-electron chi connectivity index (χ4n) is 7.05. The van der Waals surface area contributed by atoms with E-state index in [9.17, 15) is 0 Å². The topological polar surface area (TPSA) is 3.24 Å². The van der Waals surface area contributed by atoms with Crippen molar-refractivity contribution in [2.24, 2.45) is 0 Å². The van der Waals surface area contributed by atoms with E-state index in [0.717, 1.165) is 0 Å². The highest BCUT2D eigenvalue weighted by molar-refractivity contribution is 7.25. The Morgan fingerprint density at radius 1 is 0.558 bits per heavy atom. The second kappa shape index (κ2) is 9.30. The van der Waals surface area contributed by atoms with E-state index in [1.807, 2.05) is 11.3 Å². The number of fused-ring (bicyclic) bond motifs is 7. The minimum atomic E-state index is -0.0418. The maximum Gasteiger partial charge on any atom is 0.0540 e. The number of benzene rings is 6.